The van der Waals surface area contributed by atoms with E-state index in [-0.39, 0.29) is 0 Å². The zero-order valence-electron chi connectivity index (χ0n) is 8.83. The second-order valence-electron chi connectivity index (χ2n) is 3.33. The Bertz CT molecular complexity index is 685. The molecule has 0 aliphatic heterocycles. The molecule has 3 aromatic rings. The van der Waals surface area contributed by atoms with Gasteiger partial charge in [0.1, 0.15) is 24.1 Å². The minimum atomic E-state index is 0.534. The second-order valence-corrected chi connectivity index (χ2v) is 3.33. The number of rotatable bonds is 1. The van der Waals surface area contributed by atoms with Crippen molar-refractivity contribution < 1.29 is 0 Å². The van der Waals surface area contributed by atoms with Gasteiger partial charge in [-0.3, -0.25) is 4.68 Å². The van der Waals surface area contributed by atoms with Gasteiger partial charge in [-0.05, 0) is 12.0 Å². The Morgan fingerprint density at radius 2 is 2.29 bits per heavy atom. The van der Waals surface area contributed by atoms with E-state index in [9.17, 15) is 0 Å². The van der Waals surface area contributed by atoms with E-state index in [0.29, 0.717) is 17.9 Å². The molecular formula is C11H8N6. The first-order chi connectivity index (χ1) is 8.43. The van der Waals surface area contributed by atoms with Gasteiger partial charge in [0.15, 0.2) is 5.65 Å². The maximum atomic E-state index is 4.11. The summed E-state index contributed by atoms with van der Waals surface area (Å²) < 4.78 is 1.75. The molecule has 0 spiro atoms. The fourth-order valence-electron chi connectivity index (χ4n) is 1.46. The van der Waals surface area contributed by atoms with Crippen molar-refractivity contribution in [3.63, 3.8) is 0 Å². The minimum absolute atomic E-state index is 0.534. The summed E-state index contributed by atoms with van der Waals surface area (Å²) >= 11 is 0. The lowest BCUT2D eigenvalue weighted by atomic mass is 10.3. The Morgan fingerprint density at radius 1 is 1.29 bits per heavy atom. The smallest absolute Gasteiger partial charge is 0.181 e. The summed E-state index contributed by atoms with van der Waals surface area (Å²) in [6, 6.07) is 1.86. The van der Waals surface area contributed by atoms with Gasteiger partial charge in [0.2, 0.25) is 0 Å². The van der Waals surface area contributed by atoms with Crippen molar-refractivity contribution in [3.05, 3.63) is 36.8 Å². The molecule has 3 rings (SSSR count). The molecule has 6 nitrogen and oxygen atoms in total. The fraction of sp³-hybridized carbons (Fsp3) is 0.0909. The van der Waals surface area contributed by atoms with Crippen LogP contribution in [0.2, 0.25) is 0 Å². The largest absolute Gasteiger partial charge is 0.341 e. The molecule has 0 aliphatic rings. The molecule has 0 aliphatic carbocycles. The number of nitrogens with zero attached hydrogens (tertiary/aromatic N) is 5. The van der Waals surface area contributed by atoms with Crippen LogP contribution in [0.25, 0.3) is 11.2 Å². The van der Waals surface area contributed by atoms with E-state index in [0.717, 1.165) is 5.52 Å². The van der Waals surface area contributed by atoms with Crippen molar-refractivity contribution in [2.75, 3.05) is 0 Å². The molecule has 0 aromatic carbocycles. The molecule has 0 saturated carbocycles. The van der Waals surface area contributed by atoms with Crippen LogP contribution in [0.15, 0.2) is 31.1 Å². The third kappa shape index (κ3) is 1.86. The number of hydrogen-bond donors (Lipinski definition) is 1. The lowest BCUT2D eigenvalue weighted by Crippen LogP contribution is -1.95. The average molecular weight is 224 g/mol. The van der Waals surface area contributed by atoms with Gasteiger partial charge in [0.05, 0.1) is 6.33 Å². The van der Waals surface area contributed by atoms with Gasteiger partial charge in [0.25, 0.3) is 0 Å². The third-order valence-electron chi connectivity index (χ3n) is 2.23. The number of imidazole rings is 1. The van der Waals surface area contributed by atoms with E-state index < -0.39 is 0 Å². The predicted molar refractivity (Wildman–Crippen MR) is 60.8 cm³/mol. The summed E-state index contributed by atoms with van der Waals surface area (Å²) in [6.07, 6.45) is 6.62. The van der Waals surface area contributed by atoms with Gasteiger partial charge in [-0.15, -0.1) is 0 Å². The van der Waals surface area contributed by atoms with Crippen LogP contribution in [0.4, 0.5) is 0 Å². The zero-order chi connectivity index (χ0) is 11.5. The van der Waals surface area contributed by atoms with Crippen molar-refractivity contribution in [1.82, 2.24) is 29.7 Å². The first-order valence-electron chi connectivity index (χ1n) is 5.04. The highest BCUT2D eigenvalue weighted by atomic mass is 15.3. The zero-order valence-corrected chi connectivity index (χ0v) is 8.83. The van der Waals surface area contributed by atoms with Crippen LogP contribution >= 0.6 is 0 Å². The number of H-pyrrole nitrogens is 1. The van der Waals surface area contributed by atoms with E-state index in [1.807, 2.05) is 12.3 Å². The van der Waals surface area contributed by atoms with Crippen LogP contribution in [0.5, 0.6) is 0 Å². The Kier molecular flexibility index (Phi) is 2.28. The van der Waals surface area contributed by atoms with Gasteiger partial charge in [-0.1, -0.05) is 5.92 Å². The molecule has 0 unspecified atom stereocenters. The van der Waals surface area contributed by atoms with Crippen molar-refractivity contribution >= 4 is 11.2 Å². The lowest BCUT2D eigenvalue weighted by Gasteiger charge is -1.92. The van der Waals surface area contributed by atoms with E-state index in [4.69, 9.17) is 0 Å². The average Bonchev–Trinajstić information content (AvgIpc) is 2.99. The van der Waals surface area contributed by atoms with E-state index in [1.54, 1.807) is 17.2 Å². The van der Waals surface area contributed by atoms with E-state index in [1.165, 1.54) is 6.33 Å². The monoisotopic (exact) mass is 224 g/mol. The Balaban J connectivity index is 1.90. The SMILES string of the molecule is C(#Cc1ncnc2nc[nH]c12)Cn1cccn1. The molecule has 17 heavy (non-hydrogen) atoms. The third-order valence-corrected chi connectivity index (χ3v) is 2.23. The van der Waals surface area contributed by atoms with E-state index >= 15 is 0 Å². The van der Waals surface area contributed by atoms with Gasteiger partial charge in [-0.2, -0.15) is 5.10 Å². The number of aromatic nitrogens is 6. The highest BCUT2D eigenvalue weighted by Gasteiger charge is 2.01. The molecule has 0 radical (unpaired) electrons. The number of hydrogen-bond acceptors (Lipinski definition) is 4. The fourth-order valence-corrected chi connectivity index (χ4v) is 1.46. The summed E-state index contributed by atoms with van der Waals surface area (Å²) in [4.78, 5) is 15.1. The van der Waals surface area contributed by atoms with Gasteiger partial charge >= 0.3 is 0 Å². The van der Waals surface area contributed by atoms with Crippen molar-refractivity contribution in [2.45, 2.75) is 6.54 Å². The summed E-state index contributed by atoms with van der Waals surface area (Å²) in [7, 11) is 0. The van der Waals surface area contributed by atoms with Crippen molar-refractivity contribution in [1.29, 1.82) is 0 Å². The summed E-state index contributed by atoms with van der Waals surface area (Å²) in [5, 5.41) is 4.06. The Labute approximate surface area is 96.7 Å². The molecule has 6 heteroatoms. The maximum absolute atomic E-state index is 4.11. The number of nitrogens with one attached hydrogen (secondary N) is 1. The first-order valence-corrected chi connectivity index (χ1v) is 5.04. The lowest BCUT2D eigenvalue weighted by molar-refractivity contribution is 0.715. The quantitative estimate of drug-likeness (QED) is 0.614. The van der Waals surface area contributed by atoms with Crippen LogP contribution in [0, 0.1) is 11.8 Å². The van der Waals surface area contributed by atoms with Crippen LogP contribution in [0.1, 0.15) is 5.69 Å². The summed E-state index contributed by atoms with van der Waals surface area (Å²) in [5.41, 5.74) is 2.04. The second kappa shape index (κ2) is 4.06. The van der Waals surface area contributed by atoms with Crippen molar-refractivity contribution in [3.8, 4) is 11.8 Å². The van der Waals surface area contributed by atoms with Crippen LogP contribution in [-0.4, -0.2) is 29.7 Å². The minimum Gasteiger partial charge on any atom is -0.341 e. The molecule has 82 valence electrons. The number of aromatic amines is 1. The predicted octanol–water partition coefficient (Wildman–Crippen LogP) is 0.601. The van der Waals surface area contributed by atoms with Crippen LogP contribution < -0.4 is 0 Å². The molecule has 0 bridgehead atoms. The Morgan fingerprint density at radius 3 is 3.18 bits per heavy atom. The molecular weight excluding hydrogens is 216 g/mol. The topological polar surface area (TPSA) is 72.3 Å². The molecule has 0 amide bonds. The molecule has 1 N–H and O–H groups in total. The van der Waals surface area contributed by atoms with Gasteiger partial charge < -0.3 is 4.98 Å². The maximum Gasteiger partial charge on any atom is 0.181 e. The van der Waals surface area contributed by atoms with Gasteiger partial charge in [0, 0.05) is 12.4 Å². The molecule has 0 saturated heterocycles. The first kappa shape index (κ1) is 9.54. The molecule has 3 heterocycles. The van der Waals surface area contributed by atoms with Crippen LogP contribution in [-0.2, 0) is 6.54 Å². The van der Waals surface area contributed by atoms with Crippen molar-refractivity contribution in [2.24, 2.45) is 0 Å². The Hall–Kier alpha value is -2.68. The summed E-state index contributed by atoms with van der Waals surface area (Å²) in [5.74, 6) is 5.98. The molecule has 0 fully saturated rings. The number of fused-ring (bicyclic) bond motifs is 1. The normalized spacial score (nSPS) is 10.1. The molecule has 0 atom stereocenters. The highest BCUT2D eigenvalue weighted by Crippen LogP contribution is 2.07. The van der Waals surface area contributed by atoms with Gasteiger partial charge in [-0.25, -0.2) is 15.0 Å². The highest BCUT2D eigenvalue weighted by molar-refractivity contribution is 5.75. The van der Waals surface area contributed by atoms with E-state index in [2.05, 4.69) is 36.9 Å². The standard InChI is InChI=1S/C11H8N6/c1(5-17-6-2-4-16-17)3-9-10-11(14-7-12-9)15-8-13-10/h2,4,6-8H,5H2,(H,12,13,14,15). The van der Waals surface area contributed by atoms with Crippen LogP contribution in [0.3, 0.4) is 0 Å². The molecule has 3 aromatic heterocycles. The summed E-state index contributed by atoms with van der Waals surface area (Å²) in [6.45, 7) is 0.534.